The highest BCUT2D eigenvalue weighted by atomic mass is 127. The third-order valence-electron chi connectivity index (χ3n) is 0.640. The van der Waals surface area contributed by atoms with Crippen LogP contribution in [-0.2, 0) is 9.53 Å². The molecule has 0 aromatic carbocycles. The summed E-state index contributed by atoms with van der Waals surface area (Å²) in [6, 6.07) is 0. The second-order valence-corrected chi connectivity index (χ2v) is 2.11. The van der Waals surface area contributed by atoms with Gasteiger partial charge >= 0.3 is 5.97 Å². The predicted octanol–water partition coefficient (Wildman–Crippen LogP) is 1.23. The lowest BCUT2D eigenvalue weighted by Crippen LogP contribution is -2.13. The summed E-state index contributed by atoms with van der Waals surface area (Å²) in [4.78, 5) is 10.8. The van der Waals surface area contributed by atoms with Crippen molar-refractivity contribution >= 4 is 28.6 Å². The van der Waals surface area contributed by atoms with Gasteiger partial charge in [-0.25, -0.2) is 0 Å². The van der Waals surface area contributed by atoms with Crippen LogP contribution in [0.5, 0.6) is 0 Å². The Hall–Kier alpha value is 0.200. The average molecular weight is 231 g/mol. The molecule has 0 aliphatic carbocycles. The van der Waals surface area contributed by atoms with E-state index >= 15 is 0 Å². The first-order chi connectivity index (χ1) is 4.93. The van der Waals surface area contributed by atoms with Crippen LogP contribution < -0.4 is 0 Å². The number of methoxy groups -OCH3 is 1. The van der Waals surface area contributed by atoms with Crippen molar-refractivity contribution in [1.82, 2.24) is 0 Å². The average Bonchev–Trinajstić information content (AvgIpc) is 1.86. The zero-order chi connectivity index (χ0) is 9.07. The van der Waals surface area contributed by atoms with Crippen LogP contribution in [0.25, 0.3) is 0 Å². The number of esters is 1. The molecule has 0 radical (unpaired) electrons. The van der Waals surface area contributed by atoms with E-state index in [1.807, 2.05) is 22.6 Å². The van der Waals surface area contributed by atoms with Gasteiger partial charge in [-0.05, 0) is 0 Å². The van der Waals surface area contributed by atoms with E-state index in [2.05, 4.69) is 4.74 Å². The molecule has 0 fully saturated rings. The van der Waals surface area contributed by atoms with Crippen LogP contribution >= 0.6 is 22.6 Å². The minimum atomic E-state index is -2.24. The molecule has 0 amide bonds. The minimum Gasteiger partial charge on any atom is -0.469 e. The normalized spacial score (nSPS) is 20.0. The Balaban J connectivity index is 4.29. The van der Waals surface area contributed by atoms with Crippen LogP contribution in [0.3, 0.4) is 0 Å². The van der Waals surface area contributed by atoms with Crippen LogP contribution in [0.4, 0.5) is 0 Å². The SMILES string of the molecule is [2H]C([2H])([2H])[C@H](CI)C(=O)OC. The van der Waals surface area contributed by atoms with Crippen molar-refractivity contribution in [2.75, 3.05) is 11.5 Å². The quantitative estimate of drug-likeness (QED) is 0.406. The highest BCUT2D eigenvalue weighted by molar-refractivity contribution is 14.1. The number of ether oxygens (including phenoxy) is 1. The fourth-order valence-corrected chi connectivity index (χ4v) is 0.565. The van der Waals surface area contributed by atoms with Gasteiger partial charge in [0, 0.05) is 8.54 Å². The van der Waals surface area contributed by atoms with Gasteiger partial charge in [0.1, 0.15) is 0 Å². The lowest BCUT2D eigenvalue weighted by atomic mass is 10.2. The van der Waals surface area contributed by atoms with Crippen molar-refractivity contribution < 1.29 is 13.6 Å². The fraction of sp³-hybridized carbons (Fsp3) is 0.800. The van der Waals surface area contributed by atoms with Gasteiger partial charge in [-0.15, -0.1) is 0 Å². The Morgan fingerprint density at radius 3 is 2.88 bits per heavy atom. The number of hydrogen-bond acceptors (Lipinski definition) is 2. The predicted molar refractivity (Wildman–Crippen MR) is 40.1 cm³/mol. The Kier molecular flexibility index (Phi) is 2.10. The summed E-state index contributed by atoms with van der Waals surface area (Å²) in [5.41, 5.74) is 0. The molecule has 1 atom stereocenters. The largest absolute Gasteiger partial charge is 0.469 e. The van der Waals surface area contributed by atoms with Crippen LogP contribution in [0, 0.1) is 5.92 Å². The van der Waals surface area contributed by atoms with E-state index in [1.165, 1.54) is 7.11 Å². The Labute approximate surface area is 67.0 Å². The Morgan fingerprint density at radius 2 is 2.75 bits per heavy atom. The van der Waals surface area contributed by atoms with Gasteiger partial charge in [0.2, 0.25) is 0 Å². The first-order valence-corrected chi connectivity index (χ1v) is 3.59. The summed E-state index contributed by atoms with van der Waals surface area (Å²) in [6.07, 6.45) is 0. The topological polar surface area (TPSA) is 26.3 Å². The van der Waals surface area contributed by atoms with Crippen LogP contribution in [-0.4, -0.2) is 17.5 Å². The van der Waals surface area contributed by atoms with E-state index in [9.17, 15) is 4.79 Å². The molecule has 0 unspecified atom stereocenters. The first kappa shape index (κ1) is 4.09. The van der Waals surface area contributed by atoms with E-state index in [1.54, 1.807) is 0 Å². The molecule has 3 heteroatoms. The molecule has 0 saturated carbocycles. The maximum atomic E-state index is 10.8. The van der Waals surface area contributed by atoms with Crippen molar-refractivity contribution in [2.45, 2.75) is 6.85 Å². The molecule has 0 aromatic heterocycles. The van der Waals surface area contributed by atoms with Crippen molar-refractivity contribution in [1.29, 1.82) is 0 Å². The van der Waals surface area contributed by atoms with Gasteiger partial charge in [-0.2, -0.15) is 0 Å². The second kappa shape index (κ2) is 4.12. The van der Waals surface area contributed by atoms with Gasteiger partial charge in [0.25, 0.3) is 0 Å². The highest BCUT2D eigenvalue weighted by Crippen LogP contribution is 2.01. The molecular formula is C5H9IO2. The highest BCUT2D eigenvalue weighted by Gasteiger charge is 2.09. The molecule has 0 aliphatic rings. The van der Waals surface area contributed by atoms with Gasteiger partial charge < -0.3 is 4.74 Å². The standard InChI is InChI=1S/C5H9IO2/c1-4(3-6)5(7)8-2/h4H,3H2,1-2H3/t4-/m1/s1/i1D3. The molecule has 0 saturated heterocycles. The number of carbonyl (C=O) groups is 1. The lowest BCUT2D eigenvalue weighted by Gasteiger charge is -2.01. The van der Waals surface area contributed by atoms with Crippen LogP contribution in [0.2, 0.25) is 0 Å². The van der Waals surface area contributed by atoms with E-state index in [0.29, 0.717) is 0 Å². The summed E-state index contributed by atoms with van der Waals surface area (Å²) in [6.45, 7) is -2.24. The Morgan fingerprint density at radius 1 is 2.12 bits per heavy atom. The van der Waals surface area contributed by atoms with Crippen molar-refractivity contribution in [2.24, 2.45) is 5.92 Å². The molecular weight excluding hydrogens is 219 g/mol. The molecule has 8 heavy (non-hydrogen) atoms. The van der Waals surface area contributed by atoms with E-state index in [4.69, 9.17) is 4.11 Å². The maximum Gasteiger partial charge on any atom is 0.309 e. The molecule has 0 N–H and O–H groups in total. The van der Waals surface area contributed by atoms with Gasteiger partial charge in [-0.3, -0.25) is 4.79 Å². The molecule has 0 bridgehead atoms. The Bertz CT molecular complexity index is 145. The molecule has 0 heterocycles. The zero-order valence-corrected chi connectivity index (χ0v) is 6.64. The van der Waals surface area contributed by atoms with Gasteiger partial charge in [0.15, 0.2) is 0 Å². The molecule has 0 rings (SSSR count). The lowest BCUT2D eigenvalue weighted by molar-refractivity contribution is -0.143. The van der Waals surface area contributed by atoms with Crippen molar-refractivity contribution in [3.8, 4) is 0 Å². The van der Waals surface area contributed by atoms with Gasteiger partial charge in [0.05, 0.1) is 13.0 Å². The maximum absolute atomic E-state index is 10.8. The summed E-state index contributed by atoms with van der Waals surface area (Å²) < 4.78 is 25.4. The molecule has 0 spiro atoms. The third kappa shape index (κ3) is 2.49. The number of halogens is 1. The van der Waals surface area contributed by atoms with E-state index in [-0.39, 0.29) is 4.43 Å². The minimum absolute atomic E-state index is 0.251. The summed E-state index contributed by atoms with van der Waals surface area (Å²) in [7, 11) is 1.19. The molecule has 48 valence electrons. The van der Waals surface area contributed by atoms with Crippen molar-refractivity contribution in [3.63, 3.8) is 0 Å². The third-order valence-corrected chi connectivity index (χ3v) is 1.52. The molecule has 0 aromatic rings. The van der Waals surface area contributed by atoms with Crippen molar-refractivity contribution in [3.05, 3.63) is 0 Å². The summed E-state index contributed by atoms with van der Waals surface area (Å²) in [5, 5.41) is 0. The van der Waals surface area contributed by atoms with E-state index < -0.39 is 18.7 Å². The summed E-state index contributed by atoms with van der Waals surface area (Å²) in [5.74, 6) is -1.66. The second-order valence-electron chi connectivity index (χ2n) is 1.23. The van der Waals surface area contributed by atoms with E-state index in [0.717, 1.165) is 0 Å². The fourth-order valence-electron chi connectivity index (χ4n) is 0.205. The number of hydrogen-bond donors (Lipinski definition) is 0. The number of rotatable bonds is 2. The first-order valence-electron chi connectivity index (χ1n) is 3.57. The smallest absolute Gasteiger partial charge is 0.309 e. The molecule has 2 nitrogen and oxygen atoms in total. The summed E-state index contributed by atoms with van der Waals surface area (Å²) >= 11 is 1.85. The van der Waals surface area contributed by atoms with Gasteiger partial charge in [-0.1, -0.05) is 29.4 Å². The number of alkyl halides is 1. The van der Waals surface area contributed by atoms with Crippen LogP contribution in [0.15, 0.2) is 0 Å². The zero-order valence-electron chi connectivity index (χ0n) is 7.48. The van der Waals surface area contributed by atoms with Crippen LogP contribution in [0.1, 0.15) is 11.0 Å². The monoisotopic (exact) mass is 231 g/mol. The molecule has 0 aliphatic heterocycles. The number of carbonyl (C=O) groups excluding carboxylic acids is 1.